The third kappa shape index (κ3) is 4.13. The van der Waals surface area contributed by atoms with E-state index in [1.165, 1.54) is 67.4 Å². The Morgan fingerprint density at radius 1 is 0.974 bits per heavy atom. The minimum absolute atomic E-state index is 0.0220. The second kappa shape index (κ2) is 9.28. The fraction of sp³-hybridized carbons (Fsp3) is 0.0800. The molecule has 0 unspecified atom stereocenters. The van der Waals surface area contributed by atoms with Crippen molar-refractivity contribution in [1.82, 2.24) is 29.1 Å². The number of hydrogen-bond donors (Lipinski definition) is 2. The molecule has 0 bridgehead atoms. The quantitative estimate of drug-likeness (QED) is 0.334. The van der Waals surface area contributed by atoms with Crippen LogP contribution in [0.3, 0.4) is 0 Å². The predicted molar refractivity (Wildman–Crippen MR) is 134 cm³/mol. The molecule has 5 rings (SSSR count). The predicted octanol–water partition coefficient (Wildman–Crippen LogP) is 3.31. The Bertz CT molecular complexity index is 1820. The van der Waals surface area contributed by atoms with E-state index in [9.17, 15) is 27.8 Å². The van der Waals surface area contributed by atoms with Gasteiger partial charge >= 0.3 is 5.97 Å². The van der Waals surface area contributed by atoms with Gasteiger partial charge in [0.05, 0.1) is 10.5 Å². The van der Waals surface area contributed by atoms with Gasteiger partial charge in [0, 0.05) is 37.6 Å². The molecule has 0 aliphatic rings. The first kappa shape index (κ1) is 24.9. The summed E-state index contributed by atoms with van der Waals surface area (Å²) >= 11 is 0. The number of halogens is 1. The standard InChI is InChI=1S/C25H19FN6O5S/c1-31(2)38(36,37)17-5-3-4-16(12-17)23-22(25(34)35)28-29-24-20(15-6-7-18(26)19(33)13-15)21(30-32(23)24)14-8-10-27-11-9-14/h3-13,33H,1-2H3,(H,34,35). The van der Waals surface area contributed by atoms with E-state index < -0.39 is 33.3 Å². The summed E-state index contributed by atoms with van der Waals surface area (Å²) < 4.78 is 41.7. The van der Waals surface area contributed by atoms with Crippen molar-refractivity contribution < 1.29 is 27.8 Å². The third-order valence-electron chi connectivity index (χ3n) is 5.82. The molecule has 2 aromatic carbocycles. The van der Waals surface area contributed by atoms with Gasteiger partial charge in [-0.25, -0.2) is 26.4 Å². The number of phenolic OH excluding ortho intramolecular Hbond substituents is 1. The van der Waals surface area contributed by atoms with Crippen LogP contribution in [0.1, 0.15) is 10.5 Å². The van der Waals surface area contributed by atoms with Crippen molar-refractivity contribution in [2.75, 3.05) is 14.1 Å². The van der Waals surface area contributed by atoms with Gasteiger partial charge in [0.2, 0.25) is 10.0 Å². The first-order valence-corrected chi connectivity index (χ1v) is 12.5. The third-order valence-corrected chi connectivity index (χ3v) is 7.63. The van der Waals surface area contributed by atoms with Gasteiger partial charge in [-0.2, -0.15) is 5.10 Å². The van der Waals surface area contributed by atoms with Crippen molar-refractivity contribution in [3.05, 3.63) is 78.5 Å². The molecule has 0 amide bonds. The van der Waals surface area contributed by atoms with E-state index in [4.69, 9.17) is 0 Å². The van der Waals surface area contributed by atoms with Crippen LogP contribution in [0.25, 0.3) is 39.3 Å². The number of sulfonamides is 1. The highest BCUT2D eigenvalue weighted by Gasteiger charge is 2.27. The van der Waals surface area contributed by atoms with Crippen LogP contribution in [0.5, 0.6) is 5.75 Å². The summed E-state index contributed by atoms with van der Waals surface area (Å²) in [5, 5.41) is 32.7. The lowest BCUT2D eigenvalue weighted by molar-refractivity contribution is 0.0689. The molecular weight excluding hydrogens is 515 g/mol. The molecule has 5 aromatic rings. The summed E-state index contributed by atoms with van der Waals surface area (Å²) in [6.45, 7) is 0. The minimum Gasteiger partial charge on any atom is -0.505 e. The number of carbonyl (C=O) groups is 1. The topological polar surface area (TPSA) is 151 Å². The average molecular weight is 535 g/mol. The van der Waals surface area contributed by atoms with Crippen molar-refractivity contribution >= 4 is 21.6 Å². The molecule has 3 heterocycles. The fourth-order valence-corrected chi connectivity index (χ4v) is 4.91. The molecule has 0 saturated carbocycles. The van der Waals surface area contributed by atoms with Crippen LogP contribution in [0.4, 0.5) is 4.39 Å². The lowest BCUT2D eigenvalue weighted by atomic mass is 10.0. The molecule has 0 saturated heterocycles. The van der Waals surface area contributed by atoms with Crippen LogP contribution in [0.15, 0.2) is 71.9 Å². The highest BCUT2D eigenvalue weighted by Crippen LogP contribution is 2.38. The largest absolute Gasteiger partial charge is 0.505 e. The van der Waals surface area contributed by atoms with Crippen LogP contribution in [-0.4, -0.2) is 67.8 Å². The van der Waals surface area contributed by atoms with Crippen LogP contribution < -0.4 is 0 Å². The molecule has 0 radical (unpaired) electrons. The zero-order valence-electron chi connectivity index (χ0n) is 19.9. The molecule has 0 aliphatic heterocycles. The number of fused-ring (bicyclic) bond motifs is 1. The van der Waals surface area contributed by atoms with Crippen molar-refractivity contribution in [3.8, 4) is 39.4 Å². The highest BCUT2D eigenvalue weighted by atomic mass is 32.2. The summed E-state index contributed by atoms with van der Waals surface area (Å²) in [5.41, 5.74) is 1.42. The number of aromatic carboxylic acids is 1. The van der Waals surface area contributed by atoms with E-state index in [1.807, 2.05) is 0 Å². The van der Waals surface area contributed by atoms with E-state index in [1.54, 1.807) is 12.1 Å². The van der Waals surface area contributed by atoms with Crippen molar-refractivity contribution in [3.63, 3.8) is 0 Å². The SMILES string of the molecule is CN(C)S(=O)(=O)c1cccc(-c2c(C(=O)O)nnc3c(-c4ccc(F)c(O)c4)c(-c4ccncc4)nn23)c1. The van der Waals surface area contributed by atoms with E-state index in [-0.39, 0.29) is 21.8 Å². The molecule has 0 atom stereocenters. The van der Waals surface area contributed by atoms with Crippen LogP contribution >= 0.6 is 0 Å². The second-order valence-electron chi connectivity index (χ2n) is 8.38. The molecule has 2 N–H and O–H groups in total. The first-order chi connectivity index (χ1) is 18.1. The lowest BCUT2D eigenvalue weighted by Gasteiger charge is -2.13. The van der Waals surface area contributed by atoms with Gasteiger partial charge in [0.15, 0.2) is 22.9 Å². The Kier molecular flexibility index (Phi) is 6.09. The molecule has 0 fully saturated rings. The second-order valence-corrected chi connectivity index (χ2v) is 10.5. The van der Waals surface area contributed by atoms with E-state index in [0.29, 0.717) is 22.4 Å². The maximum absolute atomic E-state index is 13.9. The minimum atomic E-state index is -3.84. The first-order valence-electron chi connectivity index (χ1n) is 11.0. The summed E-state index contributed by atoms with van der Waals surface area (Å²) in [5.74, 6) is -2.83. The number of rotatable bonds is 6. The van der Waals surface area contributed by atoms with Gasteiger partial charge in [-0.15, -0.1) is 10.2 Å². The molecular formula is C25H19FN6O5S. The Balaban J connectivity index is 1.89. The number of carboxylic acid groups (broad SMARTS) is 1. The average Bonchev–Trinajstić information content (AvgIpc) is 3.30. The highest BCUT2D eigenvalue weighted by molar-refractivity contribution is 7.89. The van der Waals surface area contributed by atoms with Gasteiger partial charge in [0.25, 0.3) is 0 Å². The summed E-state index contributed by atoms with van der Waals surface area (Å²) in [7, 11) is -1.07. The Morgan fingerprint density at radius 3 is 2.37 bits per heavy atom. The Labute approximate surface area is 215 Å². The molecule has 0 spiro atoms. The summed E-state index contributed by atoms with van der Waals surface area (Å²) in [6, 6.07) is 12.8. The molecule has 3 aromatic heterocycles. The van der Waals surface area contributed by atoms with Gasteiger partial charge in [-0.05, 0) is 42.0 Å². The van der Waals surface area contributed by atoms with E-state index >= 15 is 0 Å². The zero-order chi connectivity index (χ0) is 27.2. The number of hydrogen-bond acceptors (Lipinski definition) is 8. The maximum Gasteiger partial charge on any atom is 0.358 e. The normalized spacial score (nSPS) is 11.8. The van der Waals surface area contributed by atoms with Crippen molar-refractivity contribution in [2.24, 2.45) is 0 Å². The number of aromatic nitrogens is 5. The van der Waals surface area contributed by atoms with E-state index in [0.717, 1.165) is 10.4 Å². The maximum atomic E-state index is 13.9. The number of nitrogens with zero attached hydrogens (tertiary/aromatic N) is 6. The van der Waals surface area contributed by atoms with Gasteiger partial charge in [0.1, 0.15) is 11.4 Å². The molecule has 192 valence electrons. The lowest BCUT2D eigenvalue weighted by Crippen LogP contribution is -2.22. The number of phenols is 1. The Morgan fingerprint density at radius 2 is 1.71 bits per heavy atom. The molecule has 11 nitrogen and oxygen atoms in total. The van der Waals surface area contributed by atoms with Crippen LogP contribution in [0.2, 0.25) is 0 Å². The molecule has 13 heteroatoms. The van der Waals surface area contributed by atoms with Crippen LogP contribution in [-0.2, 0) is 10.0 Å². The van der Waals surface area contributed by atoms with Gasteiger partial charge < -0.3 is 10.2 Å². The van der Waals surface area contributed by atoms with Crippen molar-refractivity contribution in [2.45, 2.75) is 4.90 Å². The van der Waals surface area contributed by atoms with Gasteiger partial charge in [-0.3, -0.25) is 4.98 Å². The summed E-state index contributed by atoms with van der Waals surface area (Å²) in [6.07, 6.45) is 3.08. The zero-order valence-corrected chi connectivity index (χ0v) is 20.8. The number of benzene rings is 2. The number of aromatic hydroxyl groups is 1. The van der Waals surface area contributed by atoms with E-state index in [2.05, 4.69) is 20.3 Å². The monoisotopic (exact) mass is 534 g/mol. The van der Waals surface area contributed by atoms with Gasteiger partial charge in [-0.1, -0.05) is 18.2 Å². The molecule has 38 heavy (non-hydrogen) atoms. The number of carboxylic acids is 1. The molecule has 0 aliphatic carbocycles. The smallest absolute Gasteiger partial charge is 0.358 e. The summed E-state index contributed by atoms with van der Waals surface area (Å²) in [4.78, 5) is 16.1. The Hall–Kier alpha value is -4.75. The van der Waals surface area contributed by atoms with Crippen LogP contribution in [0, 0.1) is 5.82 Å². The van der Waals surface area contributed by atoms with Crippen molar-refractivity contribution in [1.29, 1.82) is 0 Å². The fourth-order valence-electron chi connectivity index (χ4n) is 3.97. The number of pyridine rings is 1.